The second-order valence-electron chi connectivity index (χ2n) is 7.97. The average Bonchev–Trinajstić information content (AvgIpc) is 3.26. The molecule has 0 aliphatic heterocycles. The highest BCUT2D eigenvalue weighted by Crippen LogP contribution is 2.20. The first-order valence-corrected chi connectivity index (χ1v) is 12.3. The van der Waals surface area contributed by atoms with Crippen molar-refractivity contribution in [3.8, 4) is 11.1 Å². The molecule has 34 heavy (non-hydrogen) atoms. The van der Waals surface area contributed by atoms with Gasteiger partial charge < -0.3 is 5.11 Å². The number of carboxylic acids is 1. The summed E-state index contributed by atoms with van der Waals surface area (Å²) in [5.74, 6) is -1.78. The summed E-state index contributed by atoms with van der Waals surface area (Å²) in [6.07, 6.45) is 3.50. The molecule has 4 aromatic rings. The molecule has 0 fully saturated rings. The van der Waals surface area contributed by atoms with Gasteiger partial charge in [-0.3, -0.25) is 14.3 Å². The summed E-state index contributed by atoms with van der Waals surface area (Å²) >= 11 is 0. The van der Waals surface area contributed by atoms with E-state index in [1.54, 1.807) is 35.1 Å². The zero-order valence-electron chi connectivity index (χ0n) is 18.4. The van der Waals surface area contributed by atoms with Gasteiger partial charge in [-0.25, -0.2) is 13.1 Å². The lowest BCUT2D eigenvalue weighted by Crippen LogP contribution is -2.35. The summed E-state index contributed by atoms with van der Waals surface area (Å²) in [6.45, 7) is -0.174. The van der Waals surface area contributed by atoms with Crippen molar-refractivity contribution in [2.75, 3.05) is 5.75 Å². The number of fused-ring (bicyclic) bond motifs is 1. The van der Waals surface area contributed by atoms with Crippen LogP contribution in [0.25, 0.3) is 22.0 Å². The van der Waals surface area contributed by atoms with Crippen LogP contribution in [0.3, 0.4) is 0 Å². The topological polar surface area (TPSA) is 137 Å². The van der Waals surface area contributed by atoms with E-state index in [0.717, 1.165) is 21.4 Å². The number of nitrogens with zero attached hydrogens (tertiary/aromatic N) is 5. The first-order chi connectivity index (χ1) is 16.2. The maximum atomic E-state index is 12.8. The molecule has 0 saturated heterocycles. The van der Waals surface area contributed by atoms with E-state index in [0.29, 0.717) is 10.9 Å². The molecular weight excluding hydrogens is 458 g/mol. The molecule has 0 aliphatic rings. The molecule has 1 N–H and O–H groups in total. The average molecular weight is 482 g/mol. The fraction of sp³-hybridized carbons (Fsp3) is 0.261. The van der Waals surface area contributed by atoms with E-state index in [2.05, 4.69) is 15.4 Å². The van der Waals surface area contributed by atoms with E-state index in [-0.39, 0.29) is 25.1 Å². The first-order valence-electron chi connectivity index (χ1n) is 10.6. The quantitative estimate of drug-likeness (QED) is 0.381. The minimum atomic E-state index is -3.98. The number of benzene rings is 2. The van der Waals surface area contributed by atoms with Crippen molar-refractivity contribution < 1.29 is 18.3 Å². The Hall–Kier alpha value is -3.86. The third-order valence-corrected chi connectivity index (χ3v) is 7.69. The van der Waals surface area contributed by atoms with Crippen LogP contribution in [0.5, 0.6) is 0 Å². The minimum Gasteiger partial charge on any atom is -0.480 e. The molecule has 0 amide bonds. The van der Waals surface area contributed by atoms with Gasteiger partial charge in [0.1, 0.15) is 5.52 Å². The van der Waals surface area contributed by atoms with Crippen LogP contribution < -0.4 is 5.56 Å². The Bertz CT molecular complexity index is 1490. The van der Waals surface area contributed by atoms with Crippen LogP contribution in [0.2, 0.25) is 0 Å². The Kier molecular flexibility index (Phi) is 6.55. The molecule has 1 atom stereocenters. The van der Waals surface area contributed by atoms with Gasteiger partial charge >= 0.3 is 5.97 Å². The Morgan fingerprint density at radius 3 is 2.50 bits per heavy atom. The minimum absolute atomic E-state index is 0.174. The van der Waals surface area contributed by atoms with Crippen LogP contribution in [0.15, 0.2) is 65.7 Å². The number of sulfone groups is 1. The highest BCUT2D eigenvalue weighted by Gasteiger charge is 2.32. The van der Waals surface area contributed by atoms with Gasteiger partial charge in [-0.2, -0.15) is 5.10 Å². The monoisotopic (exact) mass is 481 g/mol. The van der Waals surface area contributed by atoms with Crippen molar-refractivity contribution in [1.82, 2.24) is 24.8 Å². The van der Waals surface area contributed by atoms with E-state index in [1.165, 1.54) is 0 Å². The maximum absolute atomic E-state index is 12.8. The summed E-state index contributed by atoms with van der Waals surface area (Å²) in [6, 6.07) is 14.0. The van der Waals surface area contributed by atoms with E-state index in [4.69, 9.17) is 0 Å². The number of carbonyl (C=O) groups is 1. The van der Waals surface area contributed by atoms with Crippen molar-refractivity contribution in [1.29, 1.82) is 0 Å². The second-order valence-corrected chi connectivity index (χ2v) is 10.3. The summed E-state index contributed by atoms with van der Waals surface area (Å²) in [5, 5.41) is 20.1. The standard InChI is InChI=1S/C23H23N5O5S/c1-27-15-18(14-24-27)17-8-6-16(7-9-17)11-13-34(32,33)21(23(30)31)10-12-28-22(29)19-4-2-3-5-20(19)25-26-28/h2-9,14-15,21H,10-13H2,1H3,(H,30,31). The molecule has 176 valence electrons. The van der Waals surface area contributed by atoms with Gasteiger partial charge in [0, 0.05) is 25.4 Å². The molecule has 4 rings (SSSR count). The molecule has 0 bridgehead atoms. The largest absolute Gasteiger partial charge is 0.480 e. The van der Waals surface area contributed by atoms with Crippen molar-refractivity contribution in [2.24, 2.45) is 7.05 Å². The Morgan fingerprint density at radius 1 is 1.09 bits per heavy atom. The molecule has 11 heteroatoms. The summed E-state index contributed by atoms with van der Waals surface area (Å²) in [4.78, 5) is 24.3. The molecule has 10 nitrogen and oxygen atoms in total. The van der Waals surface area contributed by atoms with Crippen LogP contribution in [-0.4, -0.2) is 55.3 Å². The van der Waals surface area contributed by atoms with Gasteiger partial charge in [0.2, 0.25) is 0 Å². The highest BCUT2D eigenvalue weighted by atomic mass is 32.2. The molecule has 0 spiro atoms. The van der Waals surface area contributed by atoms with Crippen molar-refractivity contribution in [2.45, 2.75) is 24.6 Å². The van der Waals surface area contributed by atoms with E-state index >= 15 is 0 Å². The van der Waals surface area contributed by atoms with Crippen LogP contribution >= 0.6 is 0 Å². The molecule has 0 radical (unpaired) electrons. The number of aryl methyl sites for hydroxylation is 3. The number of carboxylic acid groups (broad SMARTS) is 1. The lowest BCUT2D eigenvalue weighted by Gasteiger charge is -2.14. The normalized spacial score (nSPS) is 12.6. The fourth-order valence-corrected chi connectivity index (χ4v) is 5.28. The van der Waals surface area contributed by atoms with Crippen LogP contribution in [0, 0.1) is 0 Å². The van der Waals surface area contributed by atoms with Gasteiger partial charge in [0.05, 0.1) is 17.3 Å². The van der Waals surface area contributed by atoms with Crippen LogP contribution in [-0.2, 0) is 34.6 Å². The second kappa shape index (κ2) is 9.56. The smallest absolute Gasteiger partial charge is 0.321 e. The predicted octanol–water partition coefficient (Wildman–Crippen LogP) is 1.69. The molecule has 2 aromatic heterocycles. The third-order valence-electron chi connectivity index (χ3n) is 5.61. The SMILES string of the molecule is Cn1cc(-c2ccc(CCS(=O)(=O)C(CCn3nnc4ccccc4c3=O)C(=O)O)cc2)cn1. The van der Waals surface area contributed by atoms with Gasteiger partial charge in [0.25, 0.3) is 5.56 Å². The van der Waals surface area contributed by atoms with Crippen LogP contribution in [0.1, 0.15) is 12.0 Å². The summed E-state index contributed by atoms with van der Waals surface area (Å²) in [5.41, 5.74) is 2.64. The fourth-order valence-electron chi connectivity index (χ4n) is 3.70. The molecule has 0 saturated carbocycles. The molecular formula is C23H23N5O5S. The van der Waals surface area contributed by atoms with Crippen molar-refractivity contribution in [3.63, 3.8) is 0 Å². The van der Waals surface area contributed by atoms with Crippen LogP contribution in [0.4, 0.5) is 0 Å². The first kappa shape index (κ1) is 23.3. The Labute approximate surface area is 195 Å². The lowest BCUT2D eigenvalue weighted by atomic mass is 10.1. The number of hydrogen-bond donors (Lipinski definition) is 1. The molecule has 2 aromatic carbocycles. The van der Waals surface area contributed by atoms with Gasteiger partial charge in [-0.15, -0.1) is 5.10 Å². The Morgan fingerprint density at radius 2 is 1.82 bits per heavy atom. The number of rotatable bonds is 9. The zero-order valence-corrected chi connectivity index (χ0v) is 19.2. The number of hydrogen-bond acceptors (Lipinski definition) is 7. The lowest BCUT2D eigenvalue weighted by molar-refractivity contribution is -0.136. The molecule has 0 aliphatic carbocycles. The van der Waals surface area contributed by atoms with E-state index < -0.39 is 26.6 Å². The van der Waals surface area contributed by atoms with Crippen molar-refractivity contribution in [3.05, 3.63) is 76.8 Å². The summed E-state index contributed by atoms with van der Waals surface area (Å²) < 4.78 is 28.4. The zero-order chi connectivity index (χ0) is 24.3. The third kappa shape index (κ3) is 5.04. The van der Waals surface area contributed by atoms with Gasteiger partial charge in [-0.1, -0.05) is 41.6 Å². The highest BCUT2D eigenvalue weighted by molar-refractivity contribution is 7.92. The molecule has 1 unspecified atom stereocenters. The molecule has 2 heterocycles. The predicted molar refractivity (Wildman–Crippen MR) is 126 cm³/mol. The maximum Gasteiger partial charge on any atom is 0.321 e. The van der Waals surface area contributed by atoms with E-state index in [1.807, 2.05) is 37.5 Å². The number of aromatic nitrogens is 5. The van der Waals surface area contributed by atoms with Gasteiger partial charge in [0.15, 0.2) is 15.1 Å². The summed E-state index contributed by atoms with van der Waals surface area (Å²) in [7, 11) is -2.16. The van der Waals surface area contributed by atoms with Gasteiger partial charge in [-0.05, 0) is 36.1 Å². The number of aliphatic carboxylic acids is 1. The van der Waals surface area contributed by atoms with Crippen molar-refractivity contribution >= 4 is 26.7 Å². The Balaban J connectivity index is 1.43. The van der Waals surface area contributed by atoms with E-state index in [9.17, 15) is 23.1 Å².